The van der Waals surface area contributed by atoms with Crippen molar-refractivity contribution in [1.29, 1.82) is 0 Å². The van der Waals surface area contributed by atoms with Crippen molar-refractivity contribution in [3.05, 3.63) is 23.8 Å². The van der Waals surface area contributed by atoms with E-state index < -0.39 is 0 Å². The van der Waals surface area contributed by atoms with Crippen LogP contribution in [0.4, 0.5) is 0 Å². The van der Waals surface area contributed by atoms with Gasteiger partial charge in [0.05, 0.1) is 20.1 Å². The molecule has 0 aromatic heterocycles. The monoisotopic (exact) mass is 414 g/mol. The lowest BCUT2D eigenvalue weighted by molar-refractivity contribution is -0.129. The van der Waals surface area contributed by atoms with Crippen molar-refractivity contribution in [2.75, 3.05) is 27.3 Å². The van der Waals surface area contributed by atoms with Gasteiger partial charge in [0.2, 0.25) is 11.8 Å². The molecule has 0 radical (unpaired) electrons. The maximum absolute atomic E-state index is 12.8. The molecule has 1 heterocycles. The molecular weight excluding hydrogens is 380 g/mol. The van der Waals surface area contributed by atoms with E-state index in [1.165, 1.54) is 25.7 Å². The second-order valence-electron chi connectivity index (χ2n) is 9.32. The third kappa shape index (κ3) is 4.28. The standard InChI is InChI=1S/C24H34N2O4/c1-15(20-11-17-4-6-18(20)10-17)25-24(28)19-13-23(27)26(14-19)9-8-16-5-7-21(29-2)22(12-16)30-3/h5,7,12,15,17-20H,4,6,8-11,13-14H2,1-3H3,(H,25,28)/t15-,17-,18-,19+,20-/m0/s1. The Kier molecular flexibility index (Phi) is 6.21. The Morgan fingerprint density at radius 1 is 1.20 bits per heavy atom. The van der Waals surface area contributed by atoms with Crippen LogP contribution in [0.15, 0.2) is 18.2 Å². The summed E-state index contributed by atoms with van der Waals surface area (Å²) in [6.07, 6.45) is 6.34. The molecule has 1 saturated heterocycles. The number of nitrogens with one attached hydrogen (secondary N) is 1. The zero-order chi connectivity index (χ0) is 21.3. The van der Waals surface area contributed by atoms with Crippen LogP contribution < -0.4 is 14.8 Å². The number of hydrogen-bond donors (Lipinski definition) is 1. The van der Waals surface area contributed by atoms with Gasteiger partial charge in [0.15, 0.2) is 11.5 Å². The highest BCUT2D eigenvalue weighted by Gasteiger charge is 2.43. The van der Waals surface area contributed by atoms with Gasteiger partial charge in [-0.1, -0.05) is 12.5 Å². The van der Waals surface area contributed by atoms with E-state index in [2.05, 4.69) is 12.2 Å². The molecule has 1 N–H and O–H groups in total. The van der Waals surface area contributed by atoms with Crippen LogP contribution in [0, 0.1) is 23.7 Å². The van der Waals surface area contributed by atoms with Gasteiger partial charge >= 0.3 is 0 Å². The van der Waals surface area contributed by atoms with Gasteiger partial charge in [-0.25, -0.2) is 0 Å². The topological polar surface area (TPSA) is 67.9 Å². The van der Waals surface area contributed by atoms with E-state index in [1.54, 1.807) is 14.2 Å². The SMILES string of the molecule is COc1ccc(CCN2C[C@H](C(=O)N[C@@H](C)[C@@H]3C[C@H]4CC[C@H]3C4)CC2=O)cc1OC. The van der Waals surface area contributed by atoms with Crippen LogP contribution in [0.1, 0.15) is 44.6 Å². The van der Waals surface area contributed by atoms with Crippen molar-refractivity contribution in [2.24, 2.45) is 23.7 Å². The number of ether oxygens (including phenoxy) is 2. The molecule has 30 heavy (non-hydrogen) atoms. The number of rotatable bonds is 8. The molecule has 5 atom stereocenters. The molecule has 2 aliphatic carbocycles. The first-order valence-corrected chi connectivity index (χ1v) is 11.3. The van der Waals surface area contributed by atoms with Crippen LogP contribution in [0.5, 0.6) is 11.5 Å². The van der Waals surface area contributed by atoms with E-state index in [0.717, 1.165) is 23.8 Å². The van der Waals surface area contributed by atoms with Gasteiger partial charge in [-0.3, -0.25) is 9.59 Å². The fraction of sp³-hybridized carbons (Fsp3) is 0.667. The fourth-order valence-corrected chi connectivity index (χ4v) is 5.82. The molecule has 0 unspecified atom stereocenters. The van der Waals surface area contributed by atoms with E-state index in [1.807, 2.05) is 23.1 Å². The van der Waals surface area contributed by atoms with Crippen molar-refractivity contribution in [1.82, 2.24) is 10.2 Å². The van der Waals surface area contributed by atoms with E-state index in [-0.39, 0.29) is 23.8 Å². The van der Waals surface area contributed by atoms with Gasteiger partial charge in [-0.2, -0.15) is 0 Å². The number of carbonyl (C=O) groups excluding carboxylic acids is 2. The predicted molar refractivity (Wildman–Crippen MR) is 114 cm³/mol. The Bertz CT molecular complexity index is 795. The summed E-state index contributed by atoms with van der Waals surface area (Å²) < 4.78 is 10.6. The van der Waals surface area contributed by atoms with Crippen LogP contribution in [-0.4, -0.2) is 50.1 Å². The second kappa shape index (κ2) is 8.86. The Hall–Kier alpha value is -2.24. The molecule has 1 aliphatic heterocycles. The number of fused-ring (bicyclic) bond motifs is 2. The number of benzene rings is 1. The zero-order valence-electron chi connectivity index (χ0n) is 18.4. The minimum absolute atomic E-state index is 0.0484. The average Bonchev–Trinajstić information content (AvgIpc) is 3.47. The van der Waals surface area contributed by atoms with Gasteiger partial charge in [-0.05, 0) is 68.1 Å². The van der Waals surface area contributed by atoms with E-state index >= 15 is 0 Å². The molecule has 4 rings (SSSR count). The smallest absolute Gasteiger partial charge is 0.225 e. The van der Waals surface area contributed by atoms with Gasteiger partial charge in [0.25, 0.3) is 0 Å². The quantitative estimate of drug-likeness (QED) is 0.710. The largest absolute Gasteiger partial charge is 0.493 e. The molecule has 164 valence electrons. The van der Waals surface area contributed by atoms with Gasteiger partial charge < -0.3 is 19.7 Å². The summed E-state index contributed by atoms with van der Waals surface area (Å²) in [6.45, 7) is 3.27. The van der Waals surface area contributed by atoms with Crippen LogP contribution in [0.25, 0.3) is 0 Å². The van der Waals surface area contributed by atoms with E-state index in [4.69, 9.17) is 9.47 Å². The summed E-state index contributed by atoms with van der Waals surface area (Å²) in [4.78, 5) is 27.1. The predicted octanol–water partition coefficient (Wildman–Crippen LogP) is 3.04. The number of likely N-dealkylation sites (tertiary alicyclic amines) is 1. The van der Waals surface area contributed by atoms with Crippen LogP contribution in [0.2, 0.25) is 0 Å². The number of amides is 2. The highest BCUT2D eigenvalue weighted by molar-refractivity contribution is 5.89. The maximum Gasteiger partial charge on any atom is 0.225 e. The van der Waals surface area contributed by atoms with Crippen LogP contribution in [-0.2, 0) is 16.0 Å². The summed E-state index contributed by atoms with van der Waals surface area (Å²) in [5, 5.41) is 3.24. The van der Waals surface area contributed by atoms with Crippen molar-refractivity contribution < 1.29 is 19.1 Å². The van der Waals surface area contributed by atoms with Crippen molar-refractivity contribution in [3.8, 4) is 11.5 Å². The lowest BCUT2D eigenvalue weighted by Crippen LogP contribution is -2.43. The van der Waals surface area contributed by atoms with Crippen LogP contribution >= 0.6 is 0 Å². The Labute approximate surface area is 179 Å². The molecule has 0 spiro atoms. The van der Waals surface area contributed by atoms with Crippen LogP contribution in [0.3, 0.4) is 0 Å². The molecule has 2 bridgehead atoms. The molecule has 1 aromatic rings. The minimum atomic E-state index is -0.232. The van der Waals surface area contributed by atoms with E-state index in [0.29, 0.717) is 36.9 Å². The summed E-state index contributed by atoms with van der Waals surface area (Å²) in [5.74, 6) is 3.55. The molecule has 2 saturated carbocycles. The number of methoxy groups -OCH3 is 2. The molecule has 3 aliphatic rings. The second-order valence-corrected chi connectivity index (χ2v) is 9.32. The van der Waals surface area contributed by atoms with Gasteiger partial charge in [0, 0.05) is 25.6 Å². The zero-order valence-corrected chi connectivity index (χ0v) is 18.4. The molecular formula is C24H34N2O4. The molecule has 6 heteroatoms. The summed E-state index contributed by atoms with van der Waals surface area (Å²) in [6, 6.07) is 6.03. The molecule has 6 nitrogen and oxygen atoms in total. The highest BCUT2D eigenvalue weighted by Crippen LogP contribution is 2.49. The van der Waals surface area contributed by atoms with Gasteiger partial charge in [0.1, 0.15) is 0 Å². The van der Waals surface area contributed by atoms with Crippen molar-refractivity contribution in [3.63, 3.8) is 0 Å². The first kappa shape index (κ1) is 21.0. The first-order chi connectivity index (χ1) is 14.5. The normalized spacial score (nSPS) is 28.6. The first-order valence-electron chi connectivity index (χ1n) is 11.3. The molecule has 2 amide bonds. The Balaban J connectivity index is 1.28. The third-order valence-corrected chi connectivity index (χ3v) is 7.51. The van der Waals surface area contributed by atoms with Gasteiger partial charge in [-0.15, -0.1) is 0 Å². The minimum Gasteiger partial charge on any atom is -0.493 e. The molecule has 1 aromatic carbocycles. The van der Waals surface area contributed by atoms with Crippen molar-refractivity contribution >= 4 is 11.8 Å². The number of carbonyl (C=O) groups is 2. The summed E-state index contributed by atoms with van der Waals surface area (Å²) >= 11 is 0. The fourth-order valence-electron chi connectivity index (χ4n) is 5.82. The Morgan fingerprint density at radius 3 is 2.67 bits per heavy atom. The lowest BCUT2D eigenvalue weighted by atomic mass is 9.84. The Morgan fingerprint density at radius 2 is 2.00 bits per heavy atom. The summed E-state index contributed by atoms with van der Waals surface area (Å²) in [5.41, 5.74) is 1.08. The number of hydrogen-bond acceptors (Lipinski definition) is 4. The summed E-state index contributed by atoms with van der Waals surface area (Å²) in [7, 11) is 3.23. The van der Waals surface area contributed by atoms with Crippen molar-refractivity contribution in [2.45, 2.75) is 51.5 Å². The third-order valence-electron chi connectivity index (χ3n) is 7.51. The van der Waals surface area contributed by atoms with E-state index in [9.17, 15) is 9.59 Å². The average molecular weight is 415 g/mol. The lowest BCUT2D eigenvalue weighted by Gasteiger charge is -2.29. The highest BCUT2D eigenvalue weighted by atomic mass is 16.5. The molecule has 3 fully saturated rings. The maximum atomic E-state index is 12.8. The number of nitrogens with zero attached hydrogens (tertiary/aromatic N) is 1.